The molecule has 9 heteroatoms. The molecule has 1 aliphatic heterocycles. The Kier molecular flexibility index (Phi) is 3.89. The summed E-state index contributed by atoms with van der Waals surface area (Å²) in [5, 5.41) is 14.1. The number of amides is 1. The zero-order valence-corrected chi connectivity index (χ0v) is 14.0. The van der Waals surface area contributed by atoms with E-state index in [1.54, 1.807) is 16.0 Å². The molecule has 8 nitrogen and oxygen atoms in total. The van der Waals surface area contributed by atoms with Crippen molar-refractivity contribution in [2.24, 2.45) is 0 Å². The second-order valence-electron chi connectivity index (χ2n) is 5.89. The van der Waals surface area contributed by atoms with Gasteiger partial charge in [-0.2, -0.15) is 10.2 Å². The summed E-state index contributed by atoms with van der Waals surface area (Å²) in [5.74, 6) is -0.0286. The van der Waals surface area contributed by atoms with E-state index in [1.165, 1.54) is 6.20 Å². The first kappa shape index (κ1) is 15.6. The van der Waals surface area contributed by atoms with E-state index in [-0.39, 0.29) is 17.5 Å². The molecular weight excluding hydrogens is 344 g/mol. The number of para-hydroxylation sites is 1. The average molecular weight is 359 g/mol. The summed E-state index contributed by atoms with van der Waals surface area (Å²) in [6.45, 7) is 1.78. The first-order chi connectivity index (χ1) is 12.1. The number of piperazine rings is 1. The standard InChI is InChI=1S/C16H15ClN6O2/c17-14-12(7-19-21-16(14)25)22-4-5-23(13(24)9-22)8-11-3-1-2-10-6-18-20-15(10)11/h1-3,6-7H,4-5,8-9H2,(H,18,20)(H,21,25). The first-order valence-corrected chi connectivity index (χ1v) is 8.18. The number of hydrogen-bond donors (Lipinski definition) is 2. The molecule has 0 atom stereocenters. The molecule has 0 unspecified atom stereocenters. The third-order valence-electron chi connectivity index (χ3n) is 4.36. The number of nitrogens with one attached hydrogen (secondary N) is 2. The van der Waals surface area contributed by atoms with E-state index in [9.17, 15) is 9.59 Å². The molecule has 4 rings (SSSR count). The third-order valence-corrected chi connectivity index (χ3v) is 4.73. The van der Waals surface area contributed by atoms with Gasteiger partial charge in [-0.15, -0.1) is 0 Å². The van der Waals surface area contributed by atoms with Crippen molar-refractivity contribution in [1.82, 2.24) is 25.3 Å². The van der Waals surface area contributed by atoms with Gasteiger partial charge in [0, 0.05) is 25.0 Å². The second-order valence-corrected chi connectivity index (χ2v) is 6.26. The Morgan fingerprint density at radius 1 is 1.12 bits per heavy atom. The largest absolute Gasteiger partial charge is 0.358 e. The van der Waals surface area contributed by atoms with Gasteiger partial charge in [0.05, 0.1) is 30.1 Å². The van der Waals surface area contributed by atoms with Crippen molar-refractivity contribution in [3.63, 3.8) is 0 Å². The van der Waals surface area contributed by atoms with E-state index in [1.807, 2.05) is 18.2 Å². The summed E-state index contributed by atoms with van der Waals surface area (Å²) in [6.07, 6.45) is 3.23. The van der Waals surface area contributed by atoms with Gasteiger partial charge in [0.2, 0.25) is 5.91 Å². The normalized spacial score (nSPS) is 15.2. The van der Waals surface area contributed by atoms with E-state index < -0.39 is 5.56 Å². The maximum absolute atomic E-state index is 12.6. The highest BCUT2D eigenvalue weighted by Gasteiger charge is 2.26. The van der Waals surface area contributed by atoms with Gasteiger partial charge in [-0.3, -0.25) is 14.7 Å². The predicted molar refractivity (Wildman–Crippen MR) is 93.6 cm³/mol. The Morgan fingerprint density at radius 3 is 2.80 bits per heavy atom. The van der Waals surface area contributed by atoms with Crippen LogP contribution in [0.1, 0.15) is 5.56 Å². The Balaban J connectivity index is 1.52. The van der Waals surface area contributed by atoms with Gasteiger partial charge in [0.25, 0.3) is 5.56 Å². The van der Waals surface area contributed by atoms with E-state index in [4.69, 9.17) is 11.6 Å². The first-order valence-electron chi connectivity index (χ1n) is 7.80. The topological polar surface area (TPSA) is 98.0 Å². The highest BCUT2D eigenvalue weighted by atomic mass is 35.5. The quantitative estimate of drug-likeness (QED) is 0.732. The molecule has 25 heavy (non-hydrogen) atoms. The molecule has 128 valence electrons. The van der Waals surface area contributed by atoms with Crippen molar-refractivity contribution in [3.05, 3.63) is 51.5 Å². The number of aromatic amines is 2. The van der Waals surface area contributed by atoms with E-state index in [0.717, 1.165) is 16.5 Å². The van der Waals surface area contributed by atoms with Gasteiger partial charge >= 0.3 is 0 Å². The molecule has 1 aromatic carbocycles. The summed E-state index contributed by atoms with van der Waals surface area (Å²) in [6, 6.07) is 5.91. The van der Waals surface area contributed by atoms with Gasteiger partial charge < -0.3 is 9.80 Å². The Labute approximate surface area is 147 Å². The number of nitrogens with zero attached hydrogens (tertiary/aromatic N) is 4. The SMILES string of the molecule is O=C1CN(c2cn[nH]c(=O)c2Cl)CCN1Cc1cccc2cn[nH]c12. The summed E-state index contributed by atoms with van der Waals surface area (Å²) >= 11 is 6.03. The molecular formula is C16H15ClN6O2. The molecule has 0 saturated carbocycles. The van der Waals surface area contributed by atoms with Crippen LogP contribution in [0.2, 0.25) is 5.02 Å². The average Bonchev–Trinajstić information content (AvgIpc) is 3.09. The molecule has 0 bridgehead atoms. The van der Waals surface area contributed by atoms with Gasteiger partial charge in [0.1, 0.15) is 5.02 Å². The fraction of sp³-hybridized carbons (Fsp3) is 0.250. The van der Waals surface area contributed by atoms with Crippen molar-refractivity contribution < 1.29 is 4.79 Å². The summed E-state index contributed by atoms with van der Waals surface area (Å²) in [4.78, 5) is 27.7. The molecule has 2 aromatic heterocycles. The predicted octanol–water partition coefficient (Wildman–Crippen LogP) is 1.15. The number of halogens is 1. The molecule has 1 amide bonds. The van der Waals surface area contributed by atoms with Crippen LogP contribution < -0.4 is 10.5 Å². The van der Waals surface area contributed by atoms with Crippen molar-refractivity contribution in [3.8, 4) is 0 Å². The smallest absolute Gasteiger partial charge is 0.285 e. The van der Waals surface area contributed by atoms with Crippen molar-refractivity contribution >= 4 is 34.1 Å². The minimum Gasteiger partial charge on any atom is -0.358 e. The fourth-order valence-corrected chi connectivity index (χ4v) is 3.25. The summed E-state index contributed by atoms with van der Waals surface area (Å²) < 4.78 is 0. The van der Waals surface area contributed by atoms with Crippen LogP contribution in [-0.4, -0.2) is 50.8 Å². The highest BCUT2D eigenvalue weighted by Crippen LogP contribution is 2.23. The number of anilines is 1. The number of aromatic nitrogens is 4. The number of hydrogen-bond acceptors (Lipinski definition) is 5. The fourth-order valence-electron chi connectivity index (χ4n) is 3.04. The lowest BCUT2D eigenvalue weighted by molar-refractivity contribution is -0.131. The Morgan fingerprint density at radius 2 is 1.96 bits per heavy atom. The van der Waals surface area contributed by atoms with Crippen LogP contribution in [0.5, 0.6) is 0 Å². The van der Waals surface area contributed by atoms with E-state index >= 15 is 0 Å². The molecule has 0 spiro atoms. The van der Waals surface area contributed by atoms with Crippen molar-refractivity contribution in [2.45, 2.75) is 6.54 Å². The van der Waals surface area contributed by atoms with Crippen LogP contribution in [0.25, 0.3) is 10.9 Å². The zero-order valence-electron chi connectivity index (χ0n) is 13.2. The van der Waals surface area contributed by atoms with Crippen LogP contribution in [0.4, 0.5) is 5.69 Å². The minimum atomic E-state index is -0.458. The molecule has 2 N–H and O–H groups in total. The Hall–Kier alpha value is -2.87. The number of H-pyrrole nitrogens is 2. The van der Waals surface area contributed by atoms with Crippen molar-refractivity contribution in [2.75, 3.05) is 24.5 Å². The zero-order chi connectivity index (χ0) is 17.4. The number of carbonyl (C=O) groups excluding carboxylic acids is 1. The monoisotopic (exact) mass is 358 g/mol. The molecule has 1 aliphatic rings. The molecule has 0 radical (unpaired) electrons. The van der Waals surface area contributed by atoms with Crippen LogP contribution in [-0.2, 0) is 11.3 Å². The maximum atomic E-state index is 12.6. The van der Waals surface area contributed by atoms with Crippen LogP contribution >= 0.6 is 11.6 Å². The lowest BCUT2D eigenvalue weighted by Crippen LogP contribution is -2.50. The van der Waals surface area contributed by atoms with Gasteiger partial charge in [-0.1, -0.05) is 29.8 Å². The number of benzene rings is 1. The summed E-state index contributed by atoms with van der Waals surface area (Å²) in [5.41, 5.74) is 1.99. The molecule has 3 heterocycles. The minimum absolute atomic E-state index is 0.0286. The van der Waals surface area contributed by atoms with Crippen LogP contribution in [0.15, 0.2) is 35.4 Å². The third kappa shape index (κ3) is 2.85. The number of fused-ring (bicyclic) bond motifs is 1. The lowest BCUT2D eigenvalue weighted by atomic mass is 10.1. The molecule has 1 fully saturated rings. The second kappa shape index (κ2) is 6.21. The molecule has 0 aliphatic carbocycles. The number of carbonyl (C=O) groups is 1. The van der Waals surface area contributed by atoms with Crippen LogP contribution in [0.3, 0.4) is 0 Å². The maximum Gasteiger partial charge on any atom is 0.285 e. The lowest BCUT2D eigenvalue weighted by Gasteiger charge is -2.35. The van der Waals surface area contributed by atoms with Crippen molar-refractivity contribution in [1.29, 1.82) is 0 Å². The van der Waals surface area contributed by atoms with Gasteiger partial charge in [-0.25, -0.2) is 5.10 Å². The van der Waals surface area contributed by atoms with E-state index in [0.29, 0.717) is 25.3 Å². The van der Waals surface area contributed by atoms with Gasteiger partial charge in [-0.05, 0) is 5.56 Å². The Bertz CT molecular complexity index is 997. The van der Waals surface area contributed by atoms with E-state index in [2.05, 4.69) is 20.4 Å². The molecule has 3 aromatic rings. The van der Waals surface area contributed by atoms with Gasteiger partial charge in [0.15, 0.2) is 0 Å². The summed E-state index contributed by atoms with van der Waals surface area (Å²) in [7, 11) is 0. The molecule has 1 saturated heterocycles. The number of rotatable bonds is 3. The highest BCUT2D eigenvalue weighted by molar-refractivity contribution is 6.33. The van der Waals surface area contributed by atoms with Crippen LogP contribution in [0, 0.1) is 0 Å².